The molecule has 0 atom stereocenters. The quantitative estimate of drug-likeness (QED) is 0.215. The van der Waals surface area contributed by atoms with E-state index in [1.54, 1.807) is 12.1 Å². The van der Waals surface area contributed by atoms with Crippen LogP contribution in [0.2, 0.25) is 0 Å². The van der Waals surface area contributed by atoms with Crippen molar-refractivity contribution in [2.75, 3.05) is 0 Å². The third kappa shape index (κ3) is 5.50. The Hall–Kier alpha value is -5.12. The van der Waals surface area contributed by atoms with E-state index < -0.39 is 11.9 Å². The third-order valence-corrected chi connectivity index (χ3v) is 8.42. The first-order valence-corrected chi connectivity index (χ1v) is 14.4. The predicted octanol–water partition coefficient (Wildman–Crippen LogP) is 6.47. The van der Waals surface area contributed by atoms with E-state index in [9.17, 15) is 29.4 Å². The molecule has 44 heavy (non-hydrogen) atoms. The molecule has 0 spiro atoms. The predicted molar refractivity (Wildman–Crippen MR) is 169 cm³/mol. The van der Waals surface area contributed by atoms with Gasteiger partial charge in [0.2, 0.25) is 0 Å². The Morgan fingerprint density at radius 2 is 1.16 bits per heavy atom. The van der Waals surface area contributed by atoms with Gasteiger partial charge in [-0.3, -0.25) is 19.2 Å². The van der Waals surface area contributed by atoms with Gasteiger partial charge in [0.25, 0.3) is 0 Å². The molecule has 10 nitrogen and oxygen atoms in total. The normalized spacial score (nSPS) is 13.0. The number of carboxylic acids is 2. The summed E-state index contributed by atoms with van der Waals surface area (Å²) < 4.78 is 0. The summed E-state index contributed by atoms with van der Waals surface area (Å²) in [4.78, 5) is 65.2. The number of aliphatic carboxylic acids is 2. The van der Waals surface area contributed by atoms with E-state index in [1.165, 1.54) is 13.8 Å². The number of carbonyl (C=O) groups excluding carboxylic acids is 2. The van der Waals surface area contributed by atoms with E-state index in [4.69, 9.17) is 9.97 Å². The number of aromatic nitrogens is 4. The maximum absolute atomic E-state index is 12.8. The number of nitrogens with zero attached hydrogens (tertiary/aromatic N) is 2. The highest BCUT2D eigenvalue weighted by molar-refractivity contribution is 6.27. The number of carbonyl (C=O) groups is 4. The number of ketones is 2. The standard InChI is InChI=1S/C34H34N4O6/c1-15-21(7-9-31(41)42)27-14-28-22(8-10-32(43)44)16(2)24(36-28)12-29-34(20(6)40)18(4)26(38-29)13-30-33(19(5)39)17(3)25(37-30)11-23(15)35-27/h11-14,36-37H,7-10H2,1-6H3,(H,41,42)(H,43,44). The summed E-state index contributed by atoms with van der Waals surface area (Å²) in [6.07, 6.45) is 0.328. The lowest BCUT2D eigenvalue weighted by molar-refractivity contribution is -0.137. The van der Waals surface area contributed by atoms with Crippen LogP contribution in [0.5, 0.6) is 0 Å². The van der Waals surface area contributed by atoms with Gasteiger partial charge < -0.3 is 20.2 Å². The number of carboxylic acid groups (broad SMARTS) is 2. The summed E-state index contributed by atoms with van der Waals surface area (Å²) in [5, 5.41) is 18.9. The Morgan fingerprint density at radius 1 is 0.636 bits per heavy atom. The molecule has 0 unspecified atom stereocenters. The minimum Gasteiger partial charge on any atom is -0.481 e. The number of hydrogen-bond donors (Lipinski definition) is 4. The molecule has 0 radical (unpaired) electrons. The van der Waals surface area contributed by atoms with Gasteiger partial charge in [-0.2, -0.15) is 0 Å². The largest absolute Gasteiger partial charge is 0.481 e. The molecule has 5 heterocycles. The molecule has 0 aliphatic carbocycles. The van der Waals surface area contributed by atoms with Crippen LogP contribution in [-0.4, -0.2) is 53.7 Å². The topological polar surface area (TPSA) is 166 Å². The van der Waals surface area contributed by atoms with E-state index in [-0.39, 0.29) is 37.2 Å². The van der Waals surface area contributed by atoms with Crippen LogP contribution >= 0.6 is 0 Å². The van der Waals surface area contributed by atoms with E-state index in [2.05, 4.69) is 9.97 Å². The highest BCUT2D eigenvalue weighted by Crippen LogP contribution is 2.36. The molecule has 2 aliphatic rings. The summed E-state index contributed by atoms with van der Waals surface area (Å²) >= 11 is 0. The molecule has 2 aliphatic heterocycles. The lowest BCUT2D eigenvalue weighted by atomic mass is 10.00. The van der Waals surface area contributed by atoms with Crippen molar-refractivity contribution < 1.29 is 29.4 Å². The van der Waals surface area contributed by atoms with E-state index in [1.807, 2.05) is 39.8 Å². The molecule has 8 bridgehead atoms. The SMILES string of the molecule is CC(=O)C1=C(C)c2cc3[nH]c(cc4nc(cc5[nH]c(cc1n2)c(C)c5CCC(=O)O)C(CCC(=O)O)=C4C)c(C)c3C(C)=O. The van der Waals surface area contributed by atoms with Crippen molar-refractivity contribution >= 4 is 67.9 Å². The van der Waals surface area contributed by atoms with Gasteiger partial charge in [0, 0.05) is 40.5 Å². The number of aryl methyl sites for hydroxylation is 3. The zero-order valence-electron chi connectivity index (χ0n) is 25.6. The van der Waals surface area contributed by atoms with Gasteiger partial charge in [-0.1, -0.05) is 0 Å². The van der Waals surface area contributed by atoms with Crippen LogP contribution in [-0.2, 0) is 20.8 Å². The number of fused-ring (bicyclic) bond motifs is 8. The molecule has 0 aromatic carbocycles. The first-order chi connectivity index (χ1) is 20.8. The van der Waals surface area contributed by atoms with Crippen molar-refractivity contribution in [3.05, 3.63) is 69.3 Å². The number of allylic oxidation sites excluding steroid dienone is 4. The number of rotatable bonds is 8. The molecule has 3 aromatic rings. The van der Waals surface area contributed by atoms with Crippen molar-refractivity contribution in [1.82, 2.24) is 19.9 Å². The lowest BCUT2D eigenvalue weighted by Crippen LogP contribution is -1.98. The molecule has 5 rings (SSSR count). The van der Waals surface area contributed by atoms with Crippen molar-refractivity contribution in [1.29, 1.82) is 0 Å². The van der Waals surface area contributed by atoms with Crippen LogP contribution < -0.4 is 0 Å². The number of Topliss-reactive ketones (excluding diaryl/α,β-unsaturated/α-hetero) is 2. The number of H-pyrrole nitrogens is 2. The van der Waals surface area contributed by atoms with Gasteiger partial charge in [0.15, 0.2) is 11.6 Å². The lowest BCUT2D eigenvalue weighted by Gasteiger charge is -2.03. The number of hydrogen-bond acceptors (Lipinski definition) is 6. The second-order valence-corrected chi connectivity index (χ2v) is 11.4. The molecule has 10 heteroatoms. The average molecular weight is 595 g/mol. The maximum Gasteiger partial charge on any atom is 0.303 e. The van der Waals surface area contributed by atoms with Crippen LogP contribution in [0.25, 0.3) is 44.4 Å². The van der Waals surface area contributed by atoms with Gasteiger partial charge in [0.1, 0.15) is 0 Å². The average Bonchev–Trinajstić information content (AvgIpc) is 3.59. The van der Waals surface area contributed by atoms with Crippen molar-refractivity contribution in [3.63, 3.8) is 0 Å². The summed E-state index contributed by atoms with van der Waals surface area (Å²) in [7, 11) is 0. The molecule has 0 fully saturated rings. The van der Waals surface area contributed by atoms with Gasteiger partial charge in [-0.15, -0.1) is 0 Å². The second kappa shape index (κ2) is 11.5. The molecule has 0 amide bonds. The van der Waals surface area contributed by atoms with Gasteiger partial charge >= 0.3 is 11.9 Å². The Bertz CT molecular complexity index is 2020. The molecule has 4 N–H and O–H groups in total. The minimum atomic E-state index is -0.931. The molecule has 0 saturated carbocycles. The molecule has 226 valence electrons. The zero-order chi connectivity index (χ0) is 32.0. The van der Waals surface area contributed by atoms with Crippen molar-refractivity contribution in [3.8, 4) is 0 Å². The fourth-order valence-electron chi connectivity index (χ4n) is 6.11. The van der Waals surface area contributed by atoms with Crippen molar-refractivity contribution in [2.45, 2.75) is 67.2 Å². The van der Waals surface area contributed by atoms with Crippen LogP contribution in [0.1, 0.15) is 96.8 Å². The molecule has 3 aromatic heterocycles. The molecular formula is C34H34N4O6. The highest BCUT2D eigenvalue weighted by atomic mass is 16.4. The van der Waals surface area contributed by atoms with E-state index in [0.29, 0.717) is 61.6 Å². The minimum absolute atomic E-state index is 0.0877. The highest BCUT2D eigenvalue weighted by Gasteiger charge is 2.23. The summed E-state index contributed by atoms with van der Waals surface area (Å²) in [6, 6.07) is 7.25. The van der Waals surface area contributed by atoms with Crippen LogP contribution in [0.3, 0.4) is 0 Å². The third-order valence-electron chi connectivity index (χ3n) is 8.42. The molecular weight excluding hydrogens is 560 g/mol. The Kier molecular flexibility index (Phi) is 7.94. The first-order valence-electron chi connectivity index (χ1n) is 14.4. The Labute approximate surface area is 253 Å². The summed E-state index contributed by atoms with van der Waals surface area (Å²) in [5.74, 6) is -2.15. The smallest absolute Gasteiger partial charge is 0.303 e. The number of nitrogens with one attached hydrogen (secondary N) is 2. The van der Waals surface area contributed by atoms with E-state index >= 15 is 0 Å². The fourth-order valence-corrected chi connectivity index (χ4v) is 6.11. The van der Waals surface area contributed by atoms with Crippen molar-refractivity contribution in [2.24, 2.45) is 0 Å². The maximum atomic E-state index is 12.8. The number of aromatic amines is 2. The van der Waals surface area contributed by atoms with Gasteiger partial charge in [-0.05, 0) is 112 Å². The summed E-state index contributed by atoms with van der Waals surface area (Å²) in [5.41, 5.74) is 10.3. The van der Waals surface area contributed by atoms with E-state index in [0.717, 1.165) is 27.8 Å². The van der Waals surface area contributed by atoms with Crippen LogP contribution in [0.15, 0.2) is 24.3 Å². The zero-order valence-corrected chi connectivity index (χ0v) is 25.6. The van der Waals surface area contributed by atoms with Crippen LogP contribution in [0, 0.1) is 13.8 Å². The Balaban J connectivity index is 1.97. The second-order valence-electron chi connectivity index (χ2n) is 11.4. The van der Waals surface area contributed by atoms with Crippen LogP contribution in [0.4, 0.5) is 0 Å². The fraction of sp³-hybridized carbons (Fsp3) is 0.294. The summed E-state index contributed by atoms with van der Waals surface area (Å²) in [6.45, 7) is 10.4. The molecule has 0 saturated heterocycles. The van der Waals surface area contributed by atoms with Gasteiger partial charge in [-0.25, -0.2) is 9.97 Å². The van der Waals surface area contributed by atoms with Gasteiger partial charge in [0.05, 0.1) is 28.3 Å². The monoisotopic (exact) mass is 594 g/mol. The Morgan fingerprint density at radius 3 is 1.80 bits per heavy atom. The first kappa shape index (κ1) is 30.3.